The smallest absolute Gasteiger partial charge is 0.104 e. The van der Waals surface area contributed by atoms with Gasteiger partial charge < -0.3 is 16.0 Å². The van der Waals surface area contributed by atoms with E-state index in [0.29, 0.717) is 6.04 Å². The molecule has 4 nitrogen and oxygen atoms in total. The minimum absolute atomic E-state index is 0.0745. The Morgan fingerprint density at radius 3 is 3.12 bits per heavy atom. The fraction of sp³-hybridized carbons (Fsp3) is 0.462. The zero-order valence-corrected chi connectivity index (χ0v) is 10.0. The lowest BCUT2D eigenvalue weighted by atomic mass is 9.99. The van der Waals surface area contributed by atoms with Crippen molar-refractivity contribution in [3.63, 3.8) is 0 Å². The average molecular weight is 230 g/mol. The summed E-state index contributed by atoms with van der Waals surface area (Å²) >= 11 is 0. The highest BCUT2D eigenvalue weighted by Gasteiger charge is 2.22. The van der Waals surface area contributed by atoms with Gasteiger partial charge in [0.15, 0.2) is 0 Å². The Balaban J connectivity index is 1.93. The fourth-order valence-corrected chi connectivity index (χ4v) is 2.61. The highest BCUT2D eigenvalue weighted by atomic mass is 15.0. The molecule has 0 spiro atoms. The third-order valence-corrected chi connectivity index (χ3v) is 3.54. The summed E-state index contributed by atoms with van der Waals surface area (Å²) in [6.07, 6.45) is 2.39. The van der Waals surface area contributed by atoms with Gasteiger partial charge in [-0.3, -0.25) is 0 Å². The third-order valence-electron chi connectivity index (χ3n) is 3.54. The molecule has 1 aliphatic rings. The minimum Gasteiger partial charge on any atom is -0.342 e. The first-order chi connectivity index (χ1) is 8.24. The third kappa shape index (κ3) is 1.94. The van der Waals surface area contributed by atoms with E-state index in [9.17, 15) is 0 Å². The second-order valence-electron chi connectivity index (χ2n) is 4.83. The number of benzene rings is 1. The number of hydrogen-bond donors (Lipinski definition) is 3. The van der Waals surface area contributed by atoms with Crippen LogP contribution in [0.25, 0.3) is 11.0 Å². The molecular weight excluding hydrogens is 212 g/mol. The largest absolute Gasteiger partial charge is 0.342 e. The predicted molar refractivity (Wildman–Crippen MR) is 68.8 cm³/mol. The molecule has 2 heterocycles. The number of rotatable bonds is 2. The molecule has 1 saturated heterocycles. The maximum absolute atomic E-state index is 6.30. The molecule has 0 amide bonds. The van der Waals surface area contributed by atoms with E-state index in [4.69, 9.17) is 5.73 Å². The molecule has 2 atom stereocenters. The van der Waals surface area contributed by atoms with Gasteiger partial charge in [0.05, 0.1) is 11.0 Å². The summed E-state index contributed by atoms with van der Waals surface area (Å²) in [6.45, 7) is 3.06. The van der Waals surface area contributed by atoms with Gasteiger partial charge in [0.25, 0.3) is 0 Å². The lowest BCUT2D eigenvalue weighted by Gasteiger charge is -2.19. The van der Waals surface area contributed by atoms with E-state index >= 15 is 0 Å². The molecule has 3 rings (SSSR count). The molecule has 0 aliphatic carbocycles. The summed E-state index contributed by atoms with van der Waals surface area (Å²) in [6, 6.07) is 6.75. The van der Waals surface area contributed by atoms with E-state index < -0.39 is 0 Å². The molecule has 2 aromatic rings. The van der Waals surface area contributed by atoms with Gasteiger partial charge in [-0.1, -0.05) is 6.07 Å². The van der Waals surface area contributed by atoms with Crippen LogP contribution < -0.4 is 11.1 Å². The van der Waals surface area contributed by atoms with E-state index in [-0.39, 0.29) is 6.04 Å². The van der Waals surface area contributed by atoms with Gasteiger partial charge in [0, 0.05) is 12.1 Å². The fourth-order valence-electron chi connectivity index (χ4n) is 2.61. The predicted octanol–water partition coefficient (Wildman–Crippen LogP) is 1.62. The van der Waals surface area contributed by atoms with Crippen molar-refractivity contribution in [1.82, 2.24) is 15.3 Å². The Kier molecular flexibility index (Phi) is 2.61. The van der Waals surface area contributed by atoms with Crippen LogP contribution in [0.1, 0.15) is 30.3 Å². The van der Waals surface area contributed by atoms with Gasteiger partial charge in [-0.15, -0.1) is 0 Å². The van der Waals surface area contributed by atoms with Crippen molar-refractivity contribution < 1.29 is 0 Å². The Hall–Kier alpha value is -1.39. The zero-order valence-electron chi connectivity index (χ0n) is 10.0. The quantitative estimate of drug-likeness (QED) is 0.734. The minimum atomic E-state index is 0.0745. The number of aromatic amines is 1. The van der Waals surface area contributed by atoms with Crippen LogP contribution in [0.4, 0.5) is 0 Å². The standard InChI is InChI=1S/C13H18N4/c1-8-16-10-5-4-9(7-12(10)17-8)13(14)11-3-2-6-15-11/h4-5,7,11,13,15H,2-3,6,14H2,1H3,(H,16,17). The highest BCUT2D eigenvalue weighted by Crippen LogP contribution is 2.23. The lowest BCUT2D eigenvalue weighted by molar-refractivity contribution is 0.501. The maximum atomic E-state index is 6.30. The first-order valence-electron chi connectivity index (χ1n) is 6.19. The van der Waals surface area contributed by atoms with Crippen LogP contribution >= 0.6 is 0 Å². The maximum Gasteiger partial charge on any atom is 0.104 e. The number of aryl methyl sites for hydroxylation is 1. The van der Waals surface area contributed by atoms with Crippen molar-refractivity contribution in [2.45, 2.75) is 31.8 Å². The summed E-state index contributed by atoms with van der Waals surface area (Å²) in [5, 5.41) is 3.46. The normalized spacial score (nSPS) is 22.1. The van der Waals surface area contributed by atoms with Crippen molar-refractivity contribution in [2.75, 3.05) is 6.54 Å². The van der Waals surface area contributed by atoms with Crippen LogP contribution in [-0.2, 0) is 0 Å². The van der Waals surface area contributed by atoms with Crippen molar-refractivity contribution in [3.05, 3.63) is 29.6 Å². The van der Waals surface area contributed by atoms with Crippen LogP contribution in [-0.4, -0.2) is 22.6 Å². The first-order valence-corrected chi connectivity index (χ1v) is 6.19. The van der Waals surface area contributed by atoms with Crippen LogP contribution in [0, 0.1) is 6.92 Å². The van der Waals surface area contributed by atoms with Gasteiger partial charge >= 0.3 is 0 Å². The molecule has 1 fully saturated rings. The van der Waals surface area contributed by atoms with E-state index in [2.05, 4.69) is 27.4 Å². The number of H-pyrrole nitrogens is 1. The summed E-state index contributed by atoms with van der Waals surface area (Å²) < 4.78 is 0. The van der Waals surface area contributed by atoms with E-state index in [1.807, 2.05) is 13.0 Å². The number of fused-ring (bicyclic) bond motifs is 1. The van der Waals surface area contributed by atoms with Crippen LogP contribution in [0.2, 0.25) is 0 Å². The number of imidazole rings is 1. The van der Waals surface area contributed by atoms with Crippen LogP contribution in [0.15, 0.2) is 18.2 Å². The van der Waals surface area contributed by atoms with Gasteiger partial charge in [-0.2, -0.15) is 0 Å². The van der Waals surface area contributed by atoms with Gasteiger partial charge in [0.1, 0.15) is 5.82 Å². The highest BCUT2D eigenvalue weighted by molar-refractivity contribution is 5.76. The second kappa shape index (κ2) is 4.13. The number of nitrogens with zero attached hydrogens (tertiary/aromatic N) is 1. The van der Waals surface area contributed by atoms with E-state index in [1.165, 1.54) is 18.4 Å². The molecule has 1 aliphatic heterocycles. The Labute approximate surface area is 101 Å². The molecule has 1 aromatic carbocycles. The number of nitrogens with two attached hydrogens (primary N) is 1. The van der Waals surface area contributed by atoms with Crippen molar-refractivity contribution in [3.8, 4) is 0 Å². The molecule has 2 unspecified atom stereocenters. The van der Waals surface area contributed by atoms with Crippen molar-refractivity contribution in [1.29, 1.82) is 0 Å². The number of aromatic nitrogens is 2. The van der Waals surface area contributed by atoms with Gasteiger partial charge in [-0.05, 0) is 44.0 Å². The van der Waals surface area contributed by atoms with E-state index in [1.54, 1.807) is 0 Å². The Morgan fingerprint density at radius 1 is 1.47 bits per heavy atom. The molecule has 4 N–H and O–H groups in total. The molecule has 90 valence electrons. The molecule has 4 heteroatoms. The molecule has 0 radical (unpaired) electrons. The second-order valence-corrected chi connectivity index (χ2v) is 4.83. The topological polar surface area (TPSA) is 66.7 Å². The number of hydrogen-bond acceptors (Lipinski definition) is 3. The molecule has 0 saturated carbocycles. The Morgan fingerprint density at radius 2 is 2.35 bits per heavy atom. The molecule has 1 aromatic heterocycles. The van der Waals surface area contributed by atoms with Crippen molar-refractivity contribution >= 4 is 11.0 Å². The summed E-state index contributed by atoms with van der Waals surface area (Å²) in [5.74, 6) is 0.949. The monoisotopic (exact) mass is 230 g/mol. The molecule has 17 heavy (non-hydrogen) atoms. The van der Waals surface area contributed by atoms with Gasteiger partial charge in [0.2, 0.25) is 0 Å². The van der Waals surface area contributed by atoms with Crippen LogP contribution in [0.3, 0.4) is 0 Å². The number of nitrogens with one attached hydrogen (secondary N) is 2. The van der Waals surface area contributed by atoms with Crippen LogP contribution in [0.5, 0.6) is 0 Å². The lowest BCUT2D eigenvalue weighted by Crippen LogP contribution is -2.34. The van der Waals surface area contributed by atoms with E-state index in [0.717, 1.165) is 23.4 Å². The first kappa shape index (κ1) is 10.7. The average Bonchev–Trinajstić information content (AvgIpc) is 2.94. The summed E-state index contributed by atoms with van der Waals surface area (Å²) in [7, 11) is 0. The molecule has 0 bridgehead atoms. The Bertz CT molecular complexity index is 525. The SMILES string of the molecule is Cc1nc2ccc(C(N)C3CCCN3)cc2[nH]1. The summed E-state index contributed by atoms with van der Waals surface area (Å²) in [4.78, 5) is 7.66. The van der Waals surface area contributed by atoms with Gasteiger partial charge in [-0.25, -0.2) is 4.98 Å². The zero-order chi connectivity index (χ0) is 11.8. The molecular formula is C13H18N4. The summed E-state index contributed by atoms with van der Waals surface area (Å²) in [5.41, 5.74) is 9.57. The van der Waals surface area contributed by atoms with Crippen molar-refractivity contribution in [2.24, 2.45) is 5.73 Å².